The SMILES string of the molecule is C[C@H]1CC2CC(S(=O)(=O)c3cc(C(=O)Nc4cc(F)c(F)c(F)c4)ccc3Cl)CC1[C@@]2(O)CC(=O)N1CCOCC1. The predicted octanol–water partition coefficient (Wildman–Crippen LogP) is 4.20. The topological polar surface area (TPSA) is 113 Å². The molecular weight excluding hydrogens is 585 g/mol. The first-order valence-corrected chi connectivity index (χ1v) is 15.3. The minimum Gasteiger partial charge on any atom is -0.389 e. The van der Waals surface area contributed by atoms with E-state index in [0.29, 0.717) is 44.9 Å². The molecule has 1 saturated heterocycles. The minimum atomic E-state index is -4.09. The largest absolute Gasteiger partial charge is 0.389 e. The summed E-state index contributed by atoms with van der Waals surface area (Å²) in [7, 11) is -4.09. The van der Waals surface area contributed by atoms with Crippen LogP contribution in [0.3, 0.4) is 0 Å². The van der Waals surface area contributed by atoms with Gasteiger partial charge in [0.25, 0.3) is 5.91 Å². The van der Waals surface area contributed by atoms with Crippen molar-refractivity contribution in [1.29, 1.82) is 0 Å². The summed E-state index contributed by atoms with van der Waals surface area (Å²) in [6.45, 7) is 3.71. The van der Waals surface area contributed by atoms with Crippen LogP contribution < -0.4 is 5.32 Å². The number of anilines is 1. The van der Waals surface area contributed by atoms with E-state index in [9.17, 15) is 36.3 Å². The average molecular weight is 615 g/mol. The molecule has 0 aromatic heterocycles. The number of nitrogens with zero attached hydrogens (tertiary/aromatic N) is 1. The quantitative estimate of drug-likeness (QED) is 0.472. The monoisotopic (exact) mass is 614 g/mol. The second-order valence-corrected chi connectivity index (χ2v) is 13.8. The van der Waals surface area contributed by atoms with Crippen molar-refractivity contribution >= 4 is 38.9 Å². The number of aliphatic hydroxyl groups is 1. The zero-order valence-electron chi connectivity index (χ0n) is 22.2. The lowest BCUT2D eigenvalue weighted by molar-refractivity contribution is -0.147. The van der Waals surface area contributed by atoms with Crippen LogP contribution in [0.25, 0.3) is 0 Å². The third kappa shape index (κ3) is 5.59. The van der Waals surface area contributed by atoms with Crippen LogP contribution in [-0.4, -0.2) is 67.4 Å². The Bertz CT molecular complexity index is 1460. The standard InChI is InChI=1S/C28H30ClF3N2O6S/c1-15-8-17-10-19(13-20(15)28(17,37)14-25(35)34-4-6-40-7-5-34)41(38,39)24-9-16(2-3-21(24)29)27(36)33-18-11-22(30)26(32)23(31)12-18/h2-3,9,11-12,15,17,19-20,37H,4-8,10,13-14H2,1H3,(H,33,36)/t15-,17?,19?,20?,28+/m0/s1. The van der Waals surface area contributed by atoms with Gasteiger partial charge in [-0.3, -0.25) is 9.59 Å². The molecule has 2 saturated carbocycles. The van der Waals surface area contributed by atoms with Gasteiger partial charge in [0.15, 0.2) is 27.3 Å². The van der Waals surface area contributed by atoms with Gasteiger partial charge in [-0.1, -0.05) is 18.5 Å². The van der Waals surface area contributed by atoms with E-state index in [1.54, 1.807) is 4.90 Å². The molecule has 2 amide bonds. The highest BCUT2D eigenvalue weighted by Crippen LogP contribution is 2.56. The van der Waals surface area contributed by atoms with Gasteiger partial charge in [0.05, 0.1) is 40.4 Å². The number of carbonyl (C=O) groups is 2. The molecule has 5 atom stereocenters. The number of sulfone groups is 1. The molecule has 2 aromatic carbocycles. The Balaban J connectivity index is 1.36. The van der Waals surface area contributed by atoms with E-state index in [1.807, 2.05) is 6.92 Å². The van der Waals surface area contributed by atoms with Gasteiger partial charge in [-0.25, -0.2) is 21.6 Å². The zero-order chi connectivity index (χ0) is 29.7. The van der Waals surface area contributed by atoms with Crippen LogP contribution in [0.1, 0.15) is 43.0 Å². The maximum absolute atomic E-state index is 13.8. The van der Waals surface area contributed by atoms with Gasteiger partial charge in [-0.15, -0.1) is 0 Å². The van der Waals surface area contributed by atoms with Gasteiger partial charge in [0.2, 0.25) is 5.91 Å². The smallest absolute Gasteiger partial charge is 0.255 e. The van der Waals surface area contributed by atoms with E-state index >= 15 is 0 Å². The van der Waals surface area contributed by atoms with Crippen LogP contribution in [-0.2, 0) is 19.4 Å². The van der Waals surface area contributed by atoms with Crippen molar-refractivity contribution in [1.82, 2.24) is 4.90 Å². The lowest BCUT2D eigenvalue weighted by Crippen LogP contribution is -2.52. The maximum atomic E-state index is 13.8. The van der Waals surface area contributed by atoms with Crippen LogP contribution in [0.5, 0.6) is 0 Å². The lowest BCUT2D eigenvalue weighted by atomic mass is 9.71. The number of amides is 2. The zero-order valence-corrected chi connectivity index (χ0v) is 23.8. The van der Waals surface area contributed by atoms with Crippen molar-refractivity contribution in [2.24, 2.45) is 17.8 Å². The average Bonchev–Trinajstić information content (AvgIpc) is 3.04. The summed E-state index contributed by atoms with van der Waals surface area (Å²) in [6.07, 6.45) is 0.732. The second kappa shape index (κ2) is 11.2. The molecule has 5 rings (SSSR count). The lowest BCUT2D eigenvalue weighted by Gasteiger charge is -2.43. The molecule has 3 unspecified atom stereocenters. The molecule has 2 N–H and O–H groups in total. The summed E-state index contributed by atoms with van der Waals surface area (Å²) >= 11 is 6.29. The first-order valence-electron chi connectivity index (χ1n) is 13.4. The van der Waals surface area contributed by atoms with E-state index in [1.165, 1.54) is 12.1 Å². The number of rotatable bonds is 6. The molecule has 13 heteroatoms. The number of carbonyl (C=O) groups excluding carboxylic acids is 2. The number of halogens is 4. The molecule has 2 aliphatic carbocycles. The highest BCUT2D eigenvalue weighted by molar-refractivity contribution is 7.92. The number of morpholine rings is 1. The second-order valence-electron chi connectivity index (χ2n) is 11.2. The van der Waals surface area contributed by atoms with Gasteiger partial charge in [-0.2, -0.15) is 0 Å². The number of hydrogen-bond donors (Lipinski definition) is 2. The Kier molecular flexibility index (Phi) is 8.14. The van der Waals surface area contributed by atoms with Crippen LogP contribution in [0.15, 0.2) is 35.2 Å². The molecule has 41 heavy (non-hydrogen) atoms. The van der Waals surface area contributed by atoms with Gasteiger partial charge in [0, 0.05) is 36.5 Å². The van der Waals surface area contributed by atoms with E-state index < -0.39 is 55.9 Å². The Labute approximate surface area is 240 Å². The fourth-order valence-electron chi connectivity index (χ4n) is 6.61. The van der Waals surface area contributed by atoms with Crippen molar-refractivity contribution < 1.29 is 41.0 Å². The summed E-state index contributed by atoms with van der Waals surface area (Å²) in [6, 6.07) is 4.81. The molecule has 2 bridgehead atoms. The Hall–Kier alpha value is -2.67. The number of benzene rings is 2. The summed E-state index contributed by atoms with van der Waals surface area (Å²) in [5.74, 6) is -6.59. The van der Waals surface area contributed by atoms with E-state index in [4.69, 9.17) is 16.3 Å². The summed E-state index contributed by atoms with van der Waals surface area (Å²) in [4.78, 5) is 27.2. The normalized spacial score (nSPS) is 28.0. The van der Waals surface area contributed by atoms with Crippen LogP contribution in [0, 0.1) is 35.2 Å². The van der Waals surface area contributed by atoms with Crippen LogP contribution in [0.4, 0.5) is 18.9 Å². The minimum absolute atomic E-state index is 0.00762. The van der Waals surface area contributed by atoms with E-state index in [0.717, 1.165) is 6.07 Å². The number of ether oxygens (including phenoxy) is 1. The van der Waals surface area contributed by atoms with E-state index in [-0.39, 0.29) is 52.3 Å². The third-order valence-electron chi connectivity index (χ3n) is 8.74. The van der Waals surface area contributed by atoms with Crippen LogP contribution in [0.2, 0.25) is 5.02 Å². The molecule has 0 radical (unpaired) electrons. The Morgan fingerprint density at radius 1 is 1.10 bits per heavy atom. The summed E-state index contributed by atoms with van der Waals surface area (Å²) in [5, 5.41) is 13.0. The van der Waals surface area contributed by atoms with Gasteiger partial charge < -0.3 is 20.1 Å². The number of hydrogen-bond acceptors (Lipinski definition) is 6. The van der Waals surface area contributed by atoms with E-state index in [2.05, 4.69) is 5.32 Å². The highest BCUT2D eigenvalue weighted by Gasteiger charge is 2.59. The van der Waals surface area contributed by atoms with Crippen molar-refractivity contribution in [2.45, 2.75) is 48.4 Å². The van der Waals surface area contributed by atoms with Gasteiger partial charge in [-0.05, 0) is 55.2 Å². The molecule has 1 heterocycles. The van der Waals surface area contributed by atoms with Gasteiger partial charge in [0.1, 0.15) is 0 Å². The molecule has 0 spiro atoms. The van der Waals surface area contributed by atoms with Gasteiger partial charge >= 0.3 is 0 Å². The fourth-order valence-corrected chi connectivity index (χ4v) is 8.99. The maximum Gasteiger partial charge on any atom is 0.255 e. The molecule has 3 aliphatic rings. The molecule has 2 aromatic rings. The molecule has 1 aliphatic heterocycles. The van der Waals surface area contributed by atoms with Crippen LogP contribution >= 0.6 is 11.6 Å². The fraction of sp³-hybridized carbons (Fsp3) is 0.500. The first-order chi connectivity index (χ1) is 19.3. The number of fused-ring (bicyclic) bond motifs is 2. The molecule has 222 valence electrons. The predicted molar refractivity (Wildman–Crippen MR) is 144 cm³/mol. The third-order valence-corrected chi connectivity index (χ3v) is 11.4. The van der Waals surface area contributed by atoms with Crippen molar-refractivity contribution in [3.63, 3.8) is 0 Å². The van der Waals surface area contributed by atoms with Crippen molar-refractivity contribution in [3.8, 4) is 0 Å². The summed E-state index contributed by atoms with van der Waals surface area (Å²) < 4.78 is 73.4. The van der Waals surface area contributed by atoms with Crippen molar-refractivity contribution in [3.05, 3.63) is 58.4 Å². The Morgan fingerprint density at radius 3 is 2.39 bits per heavy atom. The summed E-state index contributed by atoms with van der Waals surface area (Å²) in [5.41, 5.74) is -1.82. The Morgan fingerprint density at radius 2 is 1.76 bits per heavy atom. The molecular formula is C28H30ClF3N2O6S. The number of nitrogens with one attached hydrogen (secondary N) is 1. The molecule has 3 fully saturated rings. The molecule has 8 nitrogen and oxygen atoms in total. The first kappa shape index (κ1) is 29.8. The van der Waals surface area contributed by atoms with Crippen molar-refractivity contribution in [2.75, 3.05) is 31.6 Å². The highest BCUT2D eigenvalue weighted by atomic mass is 35.5.